The summed E-state index contributed by atoms with van der Waals surface area (Å²) < 4.78 is 5.27. The zero-order valence-corrected chi connectivity index (χ0v) is 10.4. The van der Waals surface area contributed by atoms with Gasteiger partial charge in [-0.25, -0.2) is 0 Å². The van der Waals surface area contributed by atoms with Crippen LogP contribution in [0, 0.1) is 29.1 Å². The van der Waals surface area contributed by atoms with E-state index in [1.165, 1.54) is 0 Å². The summed E-state index contributed by atoms with van der Waals surface area (Å²) in [5.41, 5.74) is -0.694. The Hall–Kier alpha value is -1.34. The van der Waals surface area contributed by atoms with Crippen LogP contribution in [0.1, 0.15) is 25.7 Å². The number of nitriles is 1. The van der Waals surface area contributed by atoms with E-state index >= 15 is 0 Å². The van der Waals surface area contributed by atoms with Crippen molar-refractivity contribution in [3.63, 3.8) is 0 Å². The van der Waals surface area contributed by atoms with Crippen molar-refractivity contribution in [3.8, 4) is 6.07 Å². The zero-order chi connectivity index (χ0) is 12.6. The van der Waals surface area contributed by atoms with Gasteiger partial charge in [0.15, 0.2) is 0 Å². The van der Waals surface area contributed by atoms with Gasteiger partial charge in [0, 0.05) is 32.0 Å². The second-order valence-electron chi connectivity index (χ2n) is 5.68. The van der Waals surface area contributed by atoms with Crippen molar-refractivity contribution in [2.24, 2.45) is 17.8 Å². The third-order valence-electron chi connectivity index (χ3n) is 4.54. The molecule has 1 aliphatic heterocycles. The van der Waals surface area contributed by atoms with Gasteiger partial charge in [-0.1, -0.05) is 12.2 Å². The molecule has 96 valence electrons. The van der Waals surface area contributed by atoms with E-state index in [9.17, 15) is 10.1 Å². The van der Waals surface area contributed by atoms with E-state index in [0.29, 0.717) is 37.9 Å². The lowest BCUT2D eigenvalue weighted by Crippen LogP contribution is -2.53. The Balaban J connectivity index is 1.67. The maximum Gasteiger partial charge on any atom is 0.224 e. The maximum absolute atomic E-state index is 12.3. The molecule has 0 aromatic carbocycles. The Bertz CT molecular complexity index is 418. The predicted octanol–water partition coefficient (Wildman–Crippen LogP) is 1.39. The molecule has 1 saturated heterocycles. The van der Waals surface area contributed by atoms with Crippen LogP contribution < -0.4 is 5.32 Å². The second kappa shape index (κ2) is 4.40. The van der Waals surface area contributed by atoms with E-state index in [4.69, 9.17) is 4.74 Å². The number of rotatable bonds is 2. The number of amides is 1. The Morgan fingerprint density at radius 3 is 2.67 bits per heavy atom. The molecular weight excluding hydrogens is 228 g/mol. The highest BCUT2D eigenvalue weighted by molar-refractivity contribution is 5.81. The Morgan fingerprint density at radius 2 is 2.11 bits per heavy atom. The fraction of sp³-hybridized carbons (Fsp3) is 0.714. The van der Waals surface area contributed by atoms with Crippen LogP contribution in [0.3, 0.4) is 0 Å². The van der Waals surface area contributed by atoms with Crippen LogP contribution in [0.25, 0.3) is 0 Å². The molecule has 0 unspecified atom stereocenters. The van der Waals surface area contributed by atoms with Crippen molar-refractivity contribution >= 4 is 5.91 Å². The summed E-state index contributed by atoms with van der Waals surface area (Å²) in [7, 11) is 0. The highest BCUT2D eigenvalue weighted by Gasteiger charge is 2.43. The molecule has 1 heterocycles. The summed E-state index contributed by atoms with van der Waals surface area (Å²) in [4.78, 5) is 12.3. The second-order valence-corrected chi connectivity index (χ2v) is 5.68. The van der Waals surface area contributed by atoms with E-state index in [0.717, 1.165) is 12.8 Å². The fourth-order valence-electron chi connectivity index (χ4n) is 3.40. The van der Waals surface area contributed by atoms with Crippen LogP contribution in [0.2, 0.25) is 0 Å². The summed E-state index contributed by atoms with van der Waals surface area (Å²) in [5.74, 6) is 1.12. The first-order valence-electron chi connectivity index (χ1n) is 6.72. The summed E-state index contributed by atoms with van der Waals surface area (Å²) >= 11 is 0. The SMILES string of the molecule is N#CC1(NC(=O)[C@@H]2C[C@@H]3C=C[C@@H]2C3)CCOCC1. The Morgan fingerprint density at radius 1 is 1.33 bits per heavy atom. The van der Waals surface area contributed by atoms with Crippen molar-refractivity contribution < 1.29 is 9.53 Å². The minimum Gasteiger partial charge on any atom is -0.381 e. The van der Waals surface area contributed by atoms with Gasteiger partial charge in [-0.3, -0.25) is 4.79 Å². The number of carbonyl (C=O) groups excluding carboxylic acids is 1. The molecule has 1 amide bonds. The molecule has 2 fully saturated rings. The molecule has 0 radical (unpaired) electrons. The van der Waals surface area contributed by atoms with Gasteiger partial charge in [-0.05, 0) is 24.7 Å². The largest absolute Gasteiger partial charge is 0.381 e. The highest BCUT2D eigenvalue weighted by Crippen LogP contribution is 2.43. The monoisotopic (exact) mass is 246 g/mol. The molecule has 0 aromatic rings. The van der Waals surface area contributed by atoms with Gasteiger partial charge in [0.05, 0.1) is 6.07 Å². The van der Waals surface area contributed by atoms with Gasteiger partial charge in [0.1, 0.15) is 5.54 Å². The van der Waals surface area contributed by atoms with E-state index in [-0.39, 0.29) is 11.8 Å². The van der Waals surface area contributed by atoms with E-state index in [1.54, 1.807) is 0 Å². The topological polar surface area (TPSA) is 62.1 Å². The summed E-state index contributed by atoms with van der Waals surface area (Å²) in [6, 6.07) is 2.29. The summed E-state index contributed by atoms with van der Waals surface area (Å²) in [6.07, 6.45) is 7.66. The van der Waals surface area contributed by atoms with Gasteiger partial charge in [-0.2, -0.15) is 5.26 Å². The zero-order valence-electron chi connectivity index (χ0n) is 10.4. The third kappa shape index (κ3) is 1.93. The van der Waals surface area contributed by atoms with Crippen LogP contribution in [-0.4, -0.2) is 24.7 Å². The minimum absolute atomic E-state index is 0.0651. The third-order valence-corrected chi connectivity index (χ3v) is 4.54. The normalized spacial score (nSPS) is 36.3. The number of hydrogen-bond acceptors (Lipinski definition) is 3. The fourth-order valence-corrected chi connectivity index (χ4v) is 3.40. The molecule has 3 aliphatic rings. The molecular formula is C14H18N2O2. The van der Waals surface area contributed by atoms with Crippen LogP contribution in [0.4, 0.5) is 0 Å². The molecule has 2 bridgehead atoms. The number of fused-ring (bicyclic) bond motifs is 2. The average Bonchev–Trinajstić information content (AvgIpc) is 3.02. The molecule has 18 heavy (non-hydrogen) atoms. The van der Waals surface area contributed by atoms with E-state index in [2.05, 4.69) is 23.5 Å². The maximum atomic E-state index is 12.3. The first-order chi connectivity index (χ1) is 8.72. The van der Waals surface area contributed by atoms with Gasteiger partial charge in [0.25, 0.3) is 0 Å². The van der Waals surface area contributed by atoms with Crippen molar-refractivity contribution in [2.75, 3.05) is 13.2 Å². The molecule has 2 aliphatic carbocycles. The molecule has 3 rings (SSSR count). The van der Waals surface area contributed by atoms with Gasteiger partial charge >= 0.3 is 0 Å². The predicted molar refractivity (Wildman–Crippen MR) is 65.4 cm³/mol. The standard InChI is InChI=1S/C14H18N2O2/c15-9-14(3-5-18-6-4-14)16-13(17)12-8-10-1-2-11(12)7-10/h1-2,10-12H,3-8H2,(H,16,17)/t10-,11-,12-/m1/s1. The molecule has 3 atom stereocenters. The molecule has 1 saturated carbocycles. The van der Waals surface area contributed by atoms with Gasteiger partial charge in [0.2, 0.25) is 5.91 Å². The van der Waals surface area contributed by atoms with Crippen molar-refractivity contribution in [2.45, 2.75) is 31.2 Å². The Kier molecular flexibility index (Phi) is 2.87. The number of nitrogens with one attached hydrogen (secondary N) is 1. The van der Waals surface area contributed by atoms with E-state index in [1.807, 2.05) is 0 Å². The van der Waals surface area contributed by atoms with E-state index < -0.39 is 5.54 Å². The molecule has 4 nitrogen and oxygen atoms in total. The van der Waals surface area contributed by atoms with Crippen molar-refractivity contribution in [3.05, 3.63) is 12.2 Å². The van der Waals surface area contributed by atoms with Gasteiger partial charge < -0.3 is 10.1 Å². The van der Waals surface area contributed by atoms with Crippen molar-refractivity contribution in [1.29, 1.82) is 5.26 Å². The quantitative estimate of drug-likeness (QED) is 0.749. The summed E-state index contributed by atoms with van der Waals surface area (Å²) in [5, 5.41) is 12.3. The number of allylic oxidation sites excluding steroid dienone is 2. The lowest BCUT2D eigenvalue weighted by Gasteiger charge is -2.33. The van der Waals surface area contributed by atoms with Crippen LogP contribution >= 0.6 is 0 Å². The first kappa shape index (κ1) is 11.7. The number of hydrogen-bond donors (Lipinski definition) is 1. The summed E-state index contributed by atoms with van der Waals surface area (Å²) in [6.45, 7) is 1.12. The minimum atomic E-state index is -0.694. The smallest absolute Gasteiger partial charge is 0.224 e. The molecule has 0 spiro atoms. The lowest BCUT2D eigenvalue weighted by atomic mass is 9.88. The van der Waals surface area contributed by atoms with Crippen LogP contribution in [0.15, 0.2) is 12.2 Å². The Labute approximate surface area is 107 Å². The lowest BCUT2D eigenvalue weighted by molar-refractivity contribution is -0.128. The average molecular weight is 246 g/mol. The number of nitrogens with zero attached hydrogens (tertiary/aromatic N) is 1. The first-order valence-corrected chi connectivity index (χ1v) is 6.72. The molecule has 1 N–H and O–H groups in total. The van der Waals surface area contributed by atoms with Crippen molar-refractivity contribution in [1.82, 2.24) is 5.32 Å². The molecule has 0 aromatic heterocycles. The van der Waals surface area contributed by atoms with Crippen LogP contribution in [0.5, 0.6) is 0 Å². The van der Waals surface area contributed by atoms with Gasteiger partial charge in [-0.15, -0.1) is 0 Å². The highest BCUT2D eigenvalue weighted by atomic mass is 16.5. The molecule has 4 heteroatoms. The number of ether oxygens (including phenoxy) is 1. The van der Waals surface area contributed by atoms with Crippen LogP contribution in [-0.2, 0) is 9.53 Å². The number of carbonyl (C=O) groups is 1.